The molecule has 0 saturated carbocycles. The van der Waals surface area contributed by atoms with Gasteiger partial charge in [0, 0.05) is 39.4 Å². The second-order valence-corrected chi connectivity index (χ2v) is 6.05. The van der Waals surface area contributed by atoms with Crippen molar-refractivity contribution in [2.24, 2.45) is 7.05 Å². The van der Waals surface area contributed by atoms with E-state index in [1.54, 1.807) is 11.9 Å². The van der Waals surface area contributed by atoms with Gasteiger partial charge in [0.15, 0.2) is 5.03 Å². The van der Waals surface area contributed by atoms with Crippen LogP contribution in [-0.4, -0.2) is 61.5 Å². The fourth-order valence-corrected chi connectivity index (χ4v) is 2.74. The maximum absolute atomic E-state index is 11.9. The quantitative estimate of drug-likeness (QED) is 0.707. The van der Waals surface area contributed by atoms with Crippen molar-refractivity contribution in [1.29, 1.82) is 0 Å². The summed E-state index contributed by atoms with van der Waals surface area (Å²) in [6.07, 6.45) is 2.78. The number of piperazine rings is 1. The zero-order valence-corrected chi connectivity index (χ0v) is 12.7. The van der Waals surface area contributed by atoms with Gasteiger partial charge in [-0.3, -0.25) is 4.79 Å². The topological polar surface area (TPSA) is 96.3 Å². The molecule has 0 radical (unpaired) electrons. The van der Waals surface area contributed by atoms with Crippen LogP contribution in [0.4, 0.5) is 0 Å². The number of carbonyl (C=O) groups excluding carboxylic acids is 1. The van der Waals surface area contributed by atoms with E-state index in [4.69, 9.17) is 0 Å². The molecule has 20 heavy (non-hydrogen) atoms. The molecule has 0 atom stereocenters. The molecular weight excluding hydrogens is 306 g/mol. The average molecular weight is 324 g/mol. The Hall–Kier alpha value is -1.16. The Morgan fingerprint density at radius 2 is 2.10 bits per heavy atom. The number of nitrogens with zero attached hydrogens (tertiary/aromatic N) is 3. The van der Waals surface area contributed by atoms with Gasteiger partial charge in [0.05, 0.1) is 12.9 Å². The summed E-state index contributed by atoms with van der Waals surface area (Å²) in [5.41, 5.74) is 0. The van der Waals surface area contributed by atoms with Gasteiger partial charge in [0.2, 0.25) is 5.91 Å². The maximum Gasteiger partial charge on any atom is 0.260 e. The molecule has 1 saturated heterocycles. The molecule has 1 aromatic heterocycles. The zero-order valence-electron chi connectivity index (χ0n) is 11.1. The number of carbonyl (C=O) groups is 1. The summed E-state index contributed by atoms with van der Waals surface area (Å²) in [6, 6.07) is 0. The Bertz CT molecular complexity index is 553. The molecule has 1 amide bonds. The minimum Gasteiger partial charge on any atom is -0.339 e. The van der Waals surface area contributed by atoms with Crippen LogP contribution < -0.4 is 10.0 Å². The molecule has 10 heteroatoms. The van der Waals surface area contributed by atoms with E-state index in [9.17, 15) is 13.2 Å². The first-order valence-electron chi connectivity index (χ1n) is 5.95. The van der Waals surface area contributed by atoms with Gasteiger partial charge in [-0.2, -0.15) is 0 Å². The molecule has 1 aliphatic rings. The van der Waals surface area contributed by atoms with Crippen LogP contribution in [-0.2, 0) is 21.9 Å². The monoisotopic (exact) mass is 323 g/mol. The van der Waals surface area contributed by atoms with Gasteiger partial charge in [-0.1, -0.05) is 0 Å². The van der Waals surface area contributed by atoms with Gasteiger partial charge in [0.1, 0.15) is 0 Å². The molecule has 0 aromatic carbocycles. The fraction of sp³-hybridized carbons (Fsp3) is 0.600. The van der Waals surface area contributed by atoms with Gasteiger partial charge in [-0.25, -0.2) is 18.1 Å². The van der Waals surface area contributed by atoms with Crippen LogP contribution in [0.15, 0.2) is 17.6 Å². The lowest BCUT2D eigenvalue weighted by atomic mass is 10.3. The highest BCUT2D eigenvalue weighted by Gasteiger charge is 2.21. The van der Waals surface area contributed by atoms with Crippen LogP contribution in [0.1, 0.15) is 0 Å². The molecule has 1 aliphatic heterocycles. The van der Waals surface area contributed by atoms with Gasteiger partial charge >= 0.3 is 0 Å². The molecule has 0 aliphatic carbocycles. The summed E-state index contributed by atoms with van der Waals surface area (Å²) in [7, 11) is -2.04. The lowest BCUT2D eigenvalue weighted by Crippen LogP contribution is -2.49. The van der Waals surface area contributed by atoms with Crippen LogP contribution in [0.2, 0.25) is 0 Å². The smallest absolute Gasteiger partial charge is 0.260 e. The molecule has 2 rings (SSSR count). The highest BCUT2D eigenvalue weighted by Crippen LogP contribution is 2.03. The van der Waals surface area contributed by atoms with Crippen molar-refractivity contribution >= 4 is 28.3 Å². The Morgan fingerprint density at radius 1 is 1.45 bits per heavy atom. The lowest BCUT2D eigenvalue weighted by Gasteiger charge is -2.27. The van der Waals surface area contributed by atoms with Gasteiger partial charge in [0.25, 0.3) is 10.0 Å². The Balaban J connectivity index is 0.00000200. The number of nitrogens with one attached hydrogen (secondary N) is 2. The van der Waals surface area contributed by atoms with Gasteiger partial charge < -0.3 is 14.8 Å². The highest BCUT2D eigenvalue weighted by atomic mass is 35.5. The molecule has 2 N–H and O–H groups in total. The van der Waals surface area contributed by atoms with Crippen molar-refractivity contribution in [3.8, 4) is 0 Å². The van der Waals surface area contributed by atoms with Crippen LogP contribution in [0, 0.1) is 0 Å². The number of imidazole rings is 1. The number of hydrogen-bond donors (Lipinski definition) is 2. The summed E-state index contributed by atoms with van der Waals surface area (Å²) in [5, 5.41) is 3.04. The molecule has 1 aromatic rings. The van der Waals surface area contributed by atoms with Gasteiger partial charge in [-0.15, -0.1) is 12.4 Å². The average Bonchev–Trinajstić information content (AvgIpc) is 2.85. The first kappa shape index (κ1) is 16.9. The zero-order chi connectivity index (χ0) is 13.9. The van der Waals surface area contributed by atoms with E-state index >= 15 is 0 Å². The Labute approximate surface area is 124 Å². The first-order valence-corrected chi connectivity index (χ1v) is 7.43. The summed E-state index contributed by atoms with van der Waals surface area (Å²) >= 11 is 0. The van der Waals surface area contributed by atoms with Crippen molar-refractivity contribution in [1.82, 2.24) is 24.5 Å². The molecule has 2 heterocycles. The Morgan fingerprint density at radius 3 is 2.65 bits per heavy atom. The number of sulfonamides is 1. The van der Waals surface area contributed by atoms with Crippen molar-refractivity contribution in [2.75, 3.05) is 32.7 Å². The molecule has 8 nitrogen and oxygen atoms in total. The molecular formula is C10H18ClN5O3S. The largest absolute Gasteiger partial charge is 0.339 e. The third-order valence-electron chi connectivity index (χ3n) is 2.84. The molecule has 1 fully saturated rings. The summed E-state index contributed by atoms with van der Waals surface area (Å²) in [4.78, 5) is 17.2. The minimum atomic E-state index is -3.72. The van der Waals surface area contributed by atoms with Gasteiger partial charge in [-0.05, 0) is 0 Å². The third-order valence-corrected chi connectivity index (χ3v) is 4.13. The lowest BCUT2D eigenvalue weighted by molar-refractivity contribution is -0.130. The van der Waals surface area contributed by atoms with E-state index < -0.39 is 10.0 Å². The molecule has 114 valence electrons. The van der Waals surface area contributed by atoms with E-state index in [0.717, 1.165) is 13.1 Å². The SMILES string of the molecule is Cl.Cn1cnc(S(=O)(=O)NCC(=O)N2CCNCC2)c1. The van der Waals surface area contributed by atoms with Crippen molar-refractivity contribution in [3.05, 3.63) is 12.5 Å². The number of halogens is 1. The molecule has 0 unspecified atom stereocenters. The summed E-state index contributed by atoms with van der Waals surface area (Å²) in [6.45, 7) is 2.44. The number of rotatable bonds is 4. The molecule has 0 spiro atoms. The van der Waals surface area contributed by atoms with Crippen molar-refractivity contribution < 1.29 is 13.2 Å². The minimum absolute atomic E-state index is 0. The fourth-order valence-electron chi connectivity index (χ4n) is 1.78. The number of amides is 1. The predicted octanol–water partition coefficient (Wildman–Crippen LogP) is -1.45. The van der Waals surface area contributed by atoms with Crippen LogP contribution in [0.3, 0.4) is 0 Å². The highest BCUT2D eigenvalue weighted by molar-refractivity contribution is 7.89. The standard InChI is InChI=1S/C10H17N5O3S.ClH/c1-14-7-9(12-8-14)19(17,18)13-6-10(16)15-4-2-11-3-5-15;/h7-8,11,13H,2-6H2,1H3;1H. The number of hydrogen-bond acceptors (Lipinski definition) is 5. The van der Waals surface area contributed by atoms with Crippen LogP contribution in [0.25, 0.3) is 0 Å². The van der Waals surface area contributed by atoms with E-state index in [-0.39, 0.29) is 29.9 Å². The van der Waals surface area contributed by atoms with Crippen molar-refractivity contribution in [3.63, 3.8) is 0 Å². The van der Waals surface area contributed by atoms with Crippen molar-refractivity contribution in [2.45, 2.75) is 5.03 Å². The van der Waals surface area contributed by atoms with E-state index in [0.29, 0.717) is 13.1 Å². The van der Waals surface area contributed by atoms with E-state index in [1.807, 2.05) is 0 Å². The van der Waals surface area contributed by atoms with Crippen LogP contribution >= 0.6 is 12.4 Å². The molecule has 0 bridgehead atoms. The Kier molecular flexibility index (Phi) is 5.93. The first-order chi connectivity index (χ1) is 8.99. The third kappa shape index (κ3) is 4.17. The second-order valence-electron chi connectivity index (χ2n) is 4.33. The second kappa shape index (κ2) is 7.02. The maximum atomic E-state index is 11.9. The summed E-state index contributed by atoms with van der Waals surface area (Å²) < 4.78 is 27.5. The summed E-state index contributed by atoms with van der Waals surface area (Å²) in [5.74, 6) is -0.221. The number of aryl methyl sites for hydroxylation is 1. The number of aromatic nitrogens is 2. The predicted molar refractivity (Wildman–Crippen MR) is 75.1 cm³/mol. The van der Waals surface area contributed by atoms with E-state index in [1.165, 1.54) is 17.1 Å². The van der Waals surface area contributed by atoms with Crippen LogP contribution in [0.5, 0.6) is 0 Å². The normalized spacial score (nSPS) is 15.8. The van der Waals surface area contributed by atoms with E-state index in [2.05, 4.69) is 15.0 Å².